The van der Waals surface area contributed by atoms with Gasteiger partial charge in [0.05, 0.1) is 7.11 Å². The molecule has 0 aliphatic carbocycles. The standard InChI is InChI=1S/C10H13NO6S2/c1-5-4-7(18-8(5)9(12)13)19(15,16)11-6(2)10(14)17-3/h4,6,11H,1-3H3,(H,12,13). The summed E-state index contributed by atoms with van der Waals surface area (Å²) in [5.41, 5.74) is 0.351. The molecule has 2 N–H and O–H groups in total. The lowest BCUT2D eigenvalue weighted by molar-refractivity contribution is -0.142. The Morgan fingerprint density at radius 1 is 1.47 bits per heavy atom. The molecule has 1 heterocycles. The number of methoxy groups -OCH3 is 1. The summed E-state index contributed by atoms with van der Waals surface area (Å²) in [4.78, 5) is 22.0. The Morgan fingerprint density at radius 2 is 2.05 bits per heavy atom. The maximum Gasteiger partial charge on any atom is 0.346 e. The first-order valence-corrected chi connectivity index (χ1v) is 7.43. The third-order valence-electron chi connectivity index (χ3n) is 2.24. The molecule has 0 spiro atoms. The molecule has 1 rings (SSSR count). The number of aryl methyl sites for hydroxylation is 1. The van der Waals surface area contributed by atoms with Gasteiger partial charge in [0.1, 0.15) is 15.1 Å². The van der Waals surface area contributed by atoms with E-state index in [1.54, 1.807) is 0 Å². The zero-order chi connectivity index (χ0) is 14.8. The summed E-state index contributed by atoms with van der Waals surface area (Å²) in [6.45, 7) is 2.84. The number of hydrogen-bond donors (Lipinski definition) is 2. The average molecular weight is 307 g/mol. The SMILES string of the molecule is COC(=O)C(C)NS(=O)(=O)c1cc(C)c(C(=O)O)s1. The fraction of sp³-hybridized carbons (Fsp3) is 0.400. The summed E-state index contributed by atoms with van der Waals surface area (Å²) in [5, 5.41) is 8.87. The maximum atomic E-state index is 11.9. The van der Waals surface area contributed by atoms with Gasteiger partial charge in [0, 0.05) is 0 Å². The summed E-state index contributed by atoms with van der Waals surface area (Å²) in [5.74, 6) is -1.92. The van der Waals surface area contributed by atoms with E-state index in [0.717, 1.165) is 7.11 Å². The van der Waals surface area contributed by atoms with E-state index in [0.29, 0.717) is 16.9 Å². The average Bonchev–Trinajstić information content (AvgIpc) is 2.70. The van der Waals surface area contributed by atoms with Gasteiger partial charge in [-0.05, 0) is 25.5 Å². The van der Waals surface area contributed by atoms with Crippen molar-refractivity contribution in [3.05, 3.63) is 16.5 Å². The van der Waals surface area contributed by atoms with Crippen LogP contribution in [0.4, 0.5) is 0 Å². The quantitative estimate of drug-likeness (QED) is 0.771. The summed E-state index contributed by atoms with van der Waals surface area (Å²) >= 11 is 0.634. The van der Waals surface area contributed by atoms with E-state index in [1.165, 1.54) is 19.9 Å². The summed E-state index contributed by atoms with van der Waals surface area (Å²) in [6, 6.07) is 0.200. The third-order valence-corrected chi connectivity index (χ3v) is 5.48. The van der Waals surface area contributed by atoms with Crippen molar-refractivity contribution in [2.24, 2.45) is 0 Å². The second kappa shape index (κ2) is 5.68. The zero-order valence-corrected chi connectivity index (χ0v) is 12.1. The van der Waals surface area contributed by atoms with Crippen molar-refractivity contribution < 1.29 is 27.9 Å². The highest BCUT2D eigenvalue weighted by atomic mass is 32.2. The van der Waals surface area contributed by atoms with Gasteiger partial charge < -0.3 is 9.84 Å². The number of carbonyl (C=O) groups is 2. The van der Waals surface area contributed by atoms with Crippen molar-refractivity contribution >= 4 is 33.3 Å². The number of esters is 1. The number of carboxylic acid groups (broad SMARTS) is 1. The molecule has 1 atom stereocenters. The van der Waals surface area contributed by atoms with Crippen LogP contribution in [0.15, 0.2) is 10.3 Å². The number of aromatic carboxylic acids is 1. The molecule has 0 amide bonds. The van der Waals surface area contributed by atoms with Crippen LogP contribution in [0.2, 0.25) is 0 Å². The molecular formula is C10H13NO6S2. The Kier molecular flexibility index (Phi) is 4.66. The minimum atomic E-state index is -3.95. The van der Waals surface area contributed by atoms with Crippen LogP contribution in [0.3, 0.4) is 0 Å². The first-order chi connectivity index (χ1) is 8.69. The summed E-state index contributed by atoms with van der Waals surface area (Å²) in [6.07, 6.45) is 0. The Balaban J connectivity index is 3.04. The Hall–Kier alpha value is -1.45. The molecule has 1 unspecified atom stereocenters. The number of ether oxygens (including phenoxy) is 1. The fourth-order valence-electron chi connectivity index (χ4n) is 1.31. The van der Waals surface area contributed by atoms with Gasteiger partial charge in [0.2, 0.25) is 0 Å². The highest BCUT2D eigenvalue weighted by Gasteiger charge is 2.26. The molecule has 0 saturated carbocycles. The van der Waals surface area contributed by atoms with Crippen molar-refractivity contribution in [2.75, 3.05) is 7.11 Å². The predicted octanol–water partition coefficient (Wildman–Crippen LogP) is 0.595. The smallest absolute Gasteiger partial charge is 0.346 e. The number of carboxylic acids is 1. The second-order valence-electron chi connectivity index (χ2n) is 3.75. The molecule has 106 valence electrons. The van der Waals surface area contributed by atoms with Gasteiger partial charge in [-0.2, -0.15) is 4.72 Å². The molecule has 19 heavy (non-hydrogen) atoms. The number of sulfonamides is 1. The highest BCUT2D eigenvalue weighted by molar-refractivity contribution is 7.91. The van der Waals surface area contributed by atoms with E-state index in [-0.39, 0.29) is 9.09 Å². The Labute approximate surface area is 114 Å². The van der Waals surface area contributed by atoms with Gasteiger partial charge in [-0.15, -0.1) is 11.3 Å². The van der Waals surface area contributed by atoms with E-state index in [2.05, 4.69) is 9.46 Å². The van der Waals surface area contributed by atoms with Gasteiger partial charge in [-0.25, -0.2) is 13.2 Å². The topological polar surface area (TPSA) is 110 Å². The molecular weight excluding hydrogens is 294 g/mol. The Morgan fingerprint density at radius 3 is 2.47 bits per heavy atom. The van der Waals surface area contributed by atoms with Crippen LogP contribution in [0.1, 0.15) is 22.2 Å². The lowest BCUT2D eigenvalue weighted by Gasteiger charge is -2.10. The van der Waals surface area contributed by atoms with Crippen LogP contribution in [-0.4, -0.2) is 38.6 Å². The zero-order valence-electron chi connectivity index (χ0n) is 10.5. The van der Waals surface area contributed by atoms with Gasteiger partial charge in [-0.1, -0.05) is 0 Å². The molecule has 9 heteroatoms. The van der Waals surface area contributed by atoms with Crippen molar-refractivity contribution in [1.29, 1.82) is 0 Å². The van der Waals surface area contributed by atoms with Crippen molar-refractivity contribution in [3.63, 3.8) is 0 Å². The molecule has 0 fully saturated rings. The van der Waals surface area contributed by atoms with Crippen molar-refractivity contribution in [1.82, 2.24) is 4.72 Å². The van der Waals surface area contributed by atoms with E-state index >= 15 is 0 Å². The van der Waals surface area contributed by atoms with E-state index in [4.69, 9.17) is 5.11 Å². The lowest BCUT2D eigenvalue weighted by atomic mass is 10.3. The molecule has 7 nitrogen and oxygen atoms in total. The van der Waals surface area contributed by atoms with Gasteiger partial charge in [-0.3, -0.25) is 4.79 Å². The van der Waals surface area contributed by atoms with Gasteiger partial charge >= 0.3 is 11.9 Å². The summed E-state index contributed by atoms with van der Waals surface area (Å²) < 4.78 is 30.3. The first kappa shape index (κ1) is 15.6. The minimum Gasteiger partial charge on any atom is -0.477 e. The summed E-state index contributed by atoms with van der Waals surface area (Å²) in [7, 11) is -2.80. The molecule has 0 aromatic carbocycles. The van der Waals surface area contributed by atoms with Crippen LogP contribution in [-0.2, 0) is 19.6 Å². The molecule has 0 saturated heterocycles. The molecule has 0 radical (unpaired) electrons. The number of rotatable bonds is 5. The second-order valence-corrected chi connectivity index (χ2v) is 6.74. The fourth-order valence-corrected chi connectivity index (χ4v) is 3.90. The van der Waals surface area contributed by atoms with Crippen molar-refractivity contribution in [2.45, 2.75) is 24.1 Å². The van der Waals surface area contributed by atoms with E-state index in [1.807, 2.05) is 0 Å². The van der Waals surface area contributed by atoms with E-state index in [9.17, 15) is 18.0 Å². The number of nitrogens with one attached hydrogen (secondary N) is 1. The maximum absolute atomic E-state index is 11.9. The first-order valence-electron chi connectivity index (χ1n) is 5.13. The molecule has 1 aromatic heterocycles. The number of hydrogen-bond acceptors (Lipinski definition) is 6. The van der Waals surface area contributed by atoms with E-state index < -0.39 is 28.0 Å². The van der Waals surface area contributed by atoms with Gasteiger partial charge in [0.15, 0.2) is 0 Å². The predicted molar refractivity (Wildman–Crippen MR) is 67.8 cm³/mol. The van der Waals surface area contributed by atoms with Crippen LogP contribution in [0.5, 0.6) is 0 Å². The number of thiophene rings is 1. The largest absolute Gasteiger partial charge is 0.477 e. The normalized spacial score (nSPS) is 13.0. The van der Waals surface area contributed by atoms with Crippen LogP contribution in [0.25, 0.3) is 0 Å². The molecule has 0 bridgehead atoms. The van der Waals surface area contributed by atoms with Crippen LogP contribution < -0.4 is 4.72 Å². The Bertz CT molecular complexity index is 604. The van der Waals surface area contributed by atoms with Crippen LogP contribution in [0, 0.1) is 6.92 Å². The lowest BCUT2D eigenvalue weighted by Crippen LogP contribution is -2.38. The third kappa shape index (κ3) is 3.52. The van der Waals surface area contributed by atoms with Gasteiger partial charge in [0.25, 0.3) is 10.0 Å². The molecule has 0 aliphatic rings. The monoisotopic (exact) mass is 307 g/mol. The minimum absolute atomic E-state index is 0.0499. The number of carbonyl (C=O) groups excluding carboxylic acids is 1. The van der Waals surface area contributed by atoms with Crippen LogP contribution >= 0.6 is 11.3 Å². The molecule has 1 aromatic rings. The molecule has 0 aliphatic heterocycles. The van der Waals surface area contributed by atoms with Crippen molar-refractivity contribution in [3.8, 4) is 0 Å². The highest BCUT2D eigenvalue weighted by Crippen LogP contribution is 2.26.